The fraction of sp³-hybridized carbons (Fsp3) is 0.882. The van der Waals surface area contributed by atoms with E-state index in [1.165, 1.54) is 0 Å². The number of ether oxygens (including phenoxy) is 2. The Balaban J connectivity index is 1.46. The number of methoxy groups -OCH3 is 1. The summed E-state index contributed by atoms with van der Waals surface area (Å²) in [5.41, 5.74) is 0. The van der Waals surface area contributed by atoms with Crippen molar-refractivity contribution in [3.63, 3.8) is 0 Å². The third-order valence-corrected chi connectivity index (χ3v) is 5.28. The van der Waals surface area contributed by atoms with Crippen LogP contribution in [0.3, 0.4) is 0 Å². The summed E-state index contributed by atoms with van der Waals surface area (Å²) in [4.78, 5) is 26.3. The molecule has 2 atom stereocenters. The van der Waals surface area contributed by atoms with Crippen molar-refractivity contribution in [1.82, 2.24) is 4.90 Å². The first-order valence-corrected chi connectivity index (χ1v) is 8.71. The molecule has 0 aromatic rings. The number of likely N-dealkylation sites (tertiary alicyclic amines) is 1. The first-order chi connectivity index (χ1) is 10.7. The number of esters is 1. The fourth-order valence-electron chi connectivity index (χ4n) is 3.64. The van der Waals surface area contributed by atoms with E-state index in [1.807, 2.05) is 4.90 Å². The van der Waals surface area contributed by atoms with Crippen molar-refractivity contribution < 1.29 is 19.1 Å². The second kappa shape index (κ2) is 6.99. The Bertz CT molecular complexity index is 413. The summed E-state index contributed by atoms with van der Waals surface area (Å²) in [6, 6.07) is 0. The van der Waals surface area contributed by atoms with Crippen LogP contribution < -0.4 is 0 Å². The molecule has 1 saturated heterocycles. The molecule has 0 bridgehead atoms. The number of carbonyl (C=O) groups is 2. The van der Waals surface area contributed by atoms with Gasteiger partial charge in [0.25, 0.3) is 0 Å². The maximum Gasteiger partial charge on any atom is 0.309 e. The van der Waals surface area contributed by atoms with Crippen molar-refractivity contribution in [3.05, 3.63) is 0 Å². The van der Waals surface area contributed by atoms with Crippen LogP contribution >= 0.6 is 0 Å². The highest BCUT2D eigenvalue weighted by Gasteiger charge is 2.37. The Morgan fingerprint density at radius 2 is 1.50 bits per heavy atom. The van der Waals surface area contributed by atoms with Crippen LogP contribution in [0.15, 0.2) is 0 Å². The number of nitrogens with zero attached hydrogens (tertiary/aromatic N) is 1. The van der Waals surface area contributed by atoms with Crippen LogP contribution in [-0.4, -0.2) is 49.2 Å². The molecular weight excluding hydrogens is 282 g/mol. The minimum atomic E-state index is -0.0903. The highest BCUT2D eigenvalue weighted by molar-refractivity contribution is 5.81. The quantitative estimate of drug-likeness (QED) is 0.747. The van der Waals surface area contributed by atoms with E-state index >= 15 is 0 Å². The SMILES string of the molecule is CO[C@H]1CCCC[C@@H]1OC(=O)C1CCN(C(=O)C2CC2)CC1. The second-order valence-corrected chi connectivity index (χ2v) is 6.91. The Labute approximate surface area is 132 Å². The highest BCUT2D eigenvalue weighted by Crippen LogP contribution is 2.33. The molecule has 0 spiro atoms. The molecule has 2 aliphatic carbocycles. The van der Waals surface area contributed by atoms with Crippen LogP contribution in [-0.2, 0) is 19.1 Å². The topological polar surface area (TPSA) is 55.8 Å². The number of amides is 1. The molecule has 3 aliphatic rings. The highest BCUT2D eigenvalue weighted by atomic mass is 16.6. The van der Waals surface area contributed by atoms with Gasteiger partial charge in [-0.2, -0.15) is 0 Å². The lowest BCUT2D eigenvalue weighted by atomic mass is 9.93. The maximum absolute atomic E-state index is 12.4. The lowest BCUT2D eigenvalue weighted by Crippen LogP contribution is -2.43. The van der Waals surface area contributed by atoms with Gasteiger partial charge in [0.15, 0.2) is 0 Å². The van der Waals surface area contributed by atoms with E-state index in [0.717, 1.165) is 51.4 Å². The van der Waals surface area contributed by atoms with Gasteiger partial charge in [0.2, 0.25) is 5.91 Å². The van der Waals surface area contributed by atoms with Gasteiger partial charge in [-0.3, -0.25) is 9.59 Å². The van der Waals surface area contributed by atoms with Crippen LogP contribution in [0, 0.1) is 11.8 Å². The van der Waals surface area contributed by atoms with Crippen LogP contribution in [0.5, 0.6) is 0 Å². The number of hydrogen-bond donors (Lipinski definition) is 0. The molecule has 5 nitrogen and oxygen atoms in total. The average Bonchev–Trinajstić information content (AvgIpc) is 3.40. The molecule has 1 amide bonds. The summed E-state index contributed by atoms with van der Waals surface area (Å²) >= 11 is 0. The fourth-order valence-corrected chi connectivity index (χ4v) is 3.64. The molecule has 0 radical (unpaired) electrons. The van der Waals surface area contributed by atoms with Gasteiger partial charge in [0.1, 0.15) is 6.10 Å². The second-order valence-electron chi connectivity index (χ2n) is 6.91. The Morgan fingerprint density at radius 1 is 0.864 bits per heavy atom. The zero-order valence-corrected chi connectivity index (χ0v) is 13.5. The van der Waals surface area contributed by atoms with Gasteiger partial charge >= 0.3 is 5.97 Å². The molecule has 0 aromatic carbocycles. The van der Waals surface area contributed by atoms with Gasteiger partial charge in [-0.05, 0) is 44.9 Å². The number of rotatable bonds is 4. The third kappa shape index (κ3) is 3.62. The minimum absolute atomic E-state index is 0.0502. The summed E-state index contributed by atoms with van der Waals surface area (Å²) in [5, 5.41) is 0. The summed E-state index contributed by atoms with van der Waals surface area (Å²) in [6.07, 6.45) is 7.66. The smallest absolute Gasteiger partial charge is 0.309 e. The molecule has 124 valence electrons. The van der Waals surface area contributed by atoms with Crippen molar-refractivity contribution in [1.29, 1.82) is 0 Å². The van der Waals surface area contributed by atoms with Crippen molar-refractivity contribution in [2.75, 3.05) is 20.2 Å². The predicted molar refractivity (Wildman–Crippen MR) is 81.2 cm³/mol. The summed E-state index contributed by atoms with van der Waals surface area (Å²) < 4.78 is 11.2. The Morgan fingerprint density at radius 3 is 2.09 bits per heavy atom. The molecule has 0 N–H and O–H groups in total. The third-order valence-electron chi connectivity index (χ3n) is 5.28. The largest absolute Gasteiger partial charge is 0.459 e. The maximum atomic E-state index is 12.4. The summed E-state index contributed by atoms with van der Waals surface area (Å²) in [6.45, 7) is 1.40. The Kier molecular flexibility index (Phi) is 5.01. The Hall–Kier alpha value is -1.10. The number of hydrogen-bond acceptors (Lipinski definition) is 4. The van der Waals surface area contributed by atoms with Crippen molar-refractivity contribution >= 4 is 11.9 Å². The van der Waals surface area contributed by atoms with Crippen LogP contribution in [0.1, 0.15) is 51.4 Å². The van der Waals surface area contributed by atoms with Gasteiger partial charge in [0, 0.05) is 26.1 Å². The molecule has 3 rings (SSSR count). The van der Waals surface area contributed by atoms with Gasteiger partial charge in [0.05, 0.1) is 12.0 Å². The van der Waals surface area contributed by atoms with Crippen molar-refractivity contribution in [2.24, 2.45) is 11.8 Å². The lowest BCUT2D eigenvalue weighted by Gasteiger charge is -2.34. The monoisotopic (exact) mass is 309 g/mol. The molecule has 2 saturated carbocycles. The van der Waals surface area contributed by atoms with Crippen LogP contribution in [0.2, 0.25) is 0 Å². The van der Waals surface area contributed by atoms with E-state index in [4.69, 9.17) is 9.47 Å². The number of carbonyl (C=O) groups excluding carboxylic acids is 2. The molecule has 5 heteroatoms. The van der Waals surface area contributed by atoms with Gasteiger partial charge in [-0.1, -0.05) is 6.42 Å². The van der Waals surface area contributed by atoms with Crippen molar-refractivity contribution in [2.45, 2.75) is 63.6 Å². The normalized spacial score (nSPS) is 30.1. The zero-order valence-electron chi connectivity index (χ0n) is 13.5. The van der Waals surface area contributed by atoms with E-state index in [0.29, 0.717) is 19.0 Å². The molecule has 3 fully saturated rings. The lowest BCUT2D eigenvalue weighted by molar-refractivity contribution is -0.166. The van der Waals surface area contributed by atoms with Crippen molar-refractivity contribution in [3.8, 4) is 0 Å². The molecule has 22 heavy (non-hydrogen) atoms. The van der Waals surface area contributed by atoms with Crippen LogP contribution in [0.4, 0.5) is 0 Å². The zero-order chi connectivity index (χ0) is 15.5. The standard InChI is InChI=1S/C17H27NO4/c1-21-14-4-2-3-5-15(14)22-17(20)13-8-10-18(11-9-13)16(19)12-6-7-12/h12-15H,2-11H2,1H3/t14-,15-/m0/s1. The van der Waals surface area contributed by atoms with Gasteiger partial charge < -0.3 is 14.4 Å². The molecular formula is C17H27NO4. The molecule has 1 heterocycles. The minimum Gasteiger partial charge on any atom is -0.459 e. The number of piperidine rings is 1. The summed E-state index contributed by atoms with van der Waals surface area (Å²) in [7, 11) is 1.69. The van der Waals surface area contributed by atoms with E-state index in [-0.39, 0.29) is 30.0 Å². The predicted octanol–water partition coefficient (Wildman–Crippen LogP) is 2.14. The molecule has 0 unspecified atom stereocenters. The van der Waals surface area contributed by atoms with Crippen LogP contribution in [0.25, 0.3) is 0 Å². The first kappa shape index (κ1) is 15.8. The van der Waals surface area contributed by atoms with E-state index in [2.05, 4.69) is 0 Å². The van der Waals surface area contributed by atoms with E-state index < -0.39 is 0 Å². The first-order valence-electron chi connectivity index (χ1n) is 8.71. The summed E-state index contributed by atoms with van der Waals surface area (Å²) in [5.74, 6) is 0.418. The average molecular weight is 309 g/mol. The molecule has 1 aliphatic heterocycles. The van der Waals surface area contributed by atoms with Gasteiger partial charge in [-0.15, -0.1) is 0 Å². The van der Waals surface area contributed by atoms with Gasteiger partial charge in [-0.25, -0.2) is 0 Å². The van der Waals surface area contributed by atoms with E-state index in [9.17, 15) is 9.59 Å². The molecule has 0 aromatic heterocycles. The van der Waals surface area contributed by atoms with E-state index in [1.54, 1.807) is 7.11 Å².